The molecule has 0 saturated heterocycles. The molecule has 3 amide bonds. The average molecular weight is 462 g/mol. The van der Waals surface area contributed by atoms with Crippen molar-refractivity contribution in [3.63, 3.8) is 0 Å². The molecule has 10 heteroatoms. The maximum Gasteiger partial charge on any atom is 0.257 e. The topological polar surface area (TPSA) is 106 Å². The smallest absolute Gasteiger partial charge is 0.257 e. The van der Waals surface area contributed by atoms with Gasteiger partial charge in [-0.15, -0.1) is 0 Å². The van der Waals surface area contributed by atoms with E-state index in [1.807, 2.05) is 6.92 Å². The third kappa shape index (κ3) is 6.23. The summed E-state index contributed by atoms with van der Waals surface area (Å²) in [7, 11) is 0. The Labute approximate surface area is 192 Å². The minimum atomic E-state index is -0.334. The van der Waals surface area contributed by atoms with Gasteiger partial charge in [-0.05, 0) is 44.9 Å². The quantitative estimate of drug-likeness (QED) is 0.712. The van der Waals surface area contributed by atoms with Crippen LogP contribution in [0.15, 0.2) is 30.6 Å². The van der Waals surface area contributed by atoms with Crippen LogP contribution in [-0.2, 0) is 11.3 Å². The number of carbonyl (C=O) groups is 3. The molecule has 0 spiro atoms. The van der Waals surface area contributed by atoms with Crippen LogP contribution in [0.25, 0.3) is 0 Å². The molecule has 2 heterocycles. The number of aromatic nitrogens is 2. The molecule has 1 aliphatic rings. The molecular formula is C22H28ClN5O4. The lowest BCUT2D eigenvalue weighted by Gasteiger charge is -2.23. The van der Waals surface area contributed by atoms with Crippen LogP contribution < -0.4 is 15.4 Å². The Balaban J connectivity index is 1.74. The minimum absolute atomic E-state index is 0.0704. The van der Waals surface area contributed by atoms with Crippen molar-refractivity contribution in [2.75, 3.05) is 26.2 Å². The van der Waals surface area contributed by atoms with Gasteiger partial charge in [-0.25, -0.2) is 0 Å². The second kappa shape index (κ2) is 11.0. The van der Waals surface area contributed by atoms with E-state index in [2.05, 4.69) is 15.7 Å². The van der Waals surface area contributed by atoms with E-state index in [1.165, 1.54) is 11.1 Å². The van der Waals surface area contributed by atoms with Crippen molar-refractivity contribution in [2.45, 2.75) is 39.3 Å². The highest BCUT2D eigenvalue weighted by Gasteiger charge is 2.22. The van der Waals surface area contributed by atoms with Crippen LogP contribution in [0, 0.1) is 0 Å². The fourth-order valence-corrected chi connectivity index (χ4v) is 3.53. The Kier molecular flexibility index (Phi) is 8.10. The van der Waals surface area contributed by atoms with Crippen LogP contribution in [0.5, 0.6) is 5.75 Å². The molecule has 0 radical (unpaired) electrons. The minimum Gasteiger partial charge on any atom is -0.491 e. The third-order valence-corrected chi connectivity index (χ3v) is 5.28. The number of aryl methyl sites for hydroxylation is 1. The Morgan fingerprint density at radius 2 is 2.12 bits per heavy atom. The number of rotatable bonds is 2. The first-order valence-corrected chi connectivity index (χ1v) is 11.1. The summed E-state index contributed by atoms with van der Waals surface area (Å²) in [5.74, 6) is -0.418. The van der Waals surface area contributed by atoms with Crippen molar-refractivity contribution < 1.29 is 19.1 Å². The molecular weight excluding hydrogens is 434 g/mol. The van der Waals surface area contributed by atoms with E-state index in [0.717, 1.165) is 0 Å². The maximum atomic E-state index is 13.0. The van der Waals surface area contributed by atoms with Gasteiger partial charge in [-0.3, -0.25) is 19.1 Å². The first kappa shape index (κ1) is 23.6. The van der Waals surface area contributed by atoms with Crippen LogP contribution in [-0.4, -0.2) is 64.7 Å². The number of hydrogen-bond acceptors (Lipinski definition) is 5. The average Bonchev–Trinajstić information content (AvgIpc) is 3.25. The van der Waals surface area contributed by atoms with Crippen LogP contribution in [0.1, 0.15) is 47.4 Å². The molecule has 1 atom stereocenters. The van der Waals surface area contributed by atoms with Gasteiger partial charge in [-0.1, -0.05) is 11.6 Å². The Hall–Kier alpha value is -3.07. The molecule has 2 aromatic rings. The summed E-state index contributed by atoms with van der Waals surface area (Å²) in [6.07, 6.45) is 4.45. The Morgan fingerprint density at radius 1 is 1.31 bits per heavy atom. The predicted molar refractivity (Wildman–Crippen MR) is 120 cm³/mol. The number of hydrogen-bond donors (Lipinski definition) is 2. The van der Waals surface area contributed by atoms with Crippen molar-refractivity contribution in [3.8, 4) is 5.75 Å². The highest BCUT2D eigenvalue weighted by molar-refractivity contribution is 6.31. The zero-order chi connectivity index (χ0) is 23.1. The Morgan fingerprint density at radius 3 is 2.88 bits per heavy atom. The summed E-state index contributed by atoms with van der Waals surface area (Å²) in [4.78, 5) is 39.7. The van der Waals surface area contributed by atoms with Crippen LogP contribution >= 0.6 is 11.6 Å². The Bertz CT molecular complexity index is 977. The van der Waals surface area contributed by atoms with E-state index in [4.69, 9.17) is 16.3 Å². The van der Waals surface area contributed by atoms with Crippen molar-refractivity contribution in [3.05, 3.63) is 46.7 Å². The number of halogens is 1. The molecule has 0 saturated carbocycles. The molecule has 1 aliphatic heterocycles. The summed E-state index contributed by atoms with van der Waals surface area (Å²) in [5.41, 5.74) is 0.783. The predicted octanol–water partition coefficient (Wildman–Crippen LogP) is 2.11. The number of ether oxygens (including phenoxy) is 1. The fourth-order valence-electron chi connectivity index (χ4n) is 3.36. The van der Waals surface area contributed by atoms with E-state index >= 15 is 0 Å². The number of fused-ring (bicyclic) bond motifs is 1. The highest BCUT2D eigenvalue weighted by Crippen LogP contribution is 2.23. The molecule has 32 heavy (non-hydrogen) atoms. The van der Waals surface area contributed by atoms with Crippen LogP contribution in [0.3, 0.4) is 0 Å². The van der Waals surface area contributed by atoms with Crippen molar-refractivity contribution in [1.29, 1.82) is 0 Å². The number of benzene rings is 1. The largest absolute Gasteiger partial charge is 0.491 e. The molecule has 0 fully saturated rings. The zero-order valence-electron chi connectivity index (χ0n) is 18.3. The van der Waals surface area contributed by atoms with Crippen molar-refractivity contribution in [1.82, 2.24) is 25.3 Å². The molecule has 1 aromatic carbocycles. The van der Waals surface area contributed by atoms with E-state index in [1.54, 1.807) is 36.0 Å². The monoisotopic (exact) mass is 461 g/mol. The fraction of sp³-hybridized carbons (Fsp3) is 0.455. The summed E-state index contributed by atoms with van der Waals surface area (Å²) in [6.45, 7) is 5.27. The molecule has 0 aliphatic carbocycles. The van der Waals surface area contributed by atoms with Crippen LogP contribution in [0.4, 0.5) is 0 Å². The number of nitrogens with one attached hydrogen (secondary N) is 2. The SMILES string of the molecule is CCn1cc(C(=O)N2CCCCNC(=O)c3cc(Cl)ccc3OC[C@@H](C)NC(=O)C2)cn1. The van der Waals surface area contributed by atoms with Gasteiger partial charge in [0.05, 0.1) is 29.9 Å². The van der Waals surface area contributed by atoms with Gasteiger partial charge in [0.15, 0.2) is 0 Å². The lowest BCUT2D eigenvalue weighted by Crippen LogP contribution is -2.45. The van der Waals surface area contributed by atoms with Gasteiger partial charge in [-0.2, -0.15) is 5.10 Å². The normalized spacial score (nSPS) is 18.5. The van der Waals surface area contributed by atoms with Gasteiger partial charge in [0.1, 0.15) is 12.4 Å². The van der Waals surface area contributed by atoms with E-state index in [0.29, 0.717) is 54.4 Å². The molecule has 0 unspecified atom stereocenters. The first-order chi connectivity index (χ1) is 15.4. The van der Waals surface area contributed by atoms with Gasteiger partial charge in [0.2, 0.25) is 5.91 Å². The van der Waals surface area contributed by atoms with Gasteiger partial charge in [0, 0.05) is 30.9 Å². The number of nitrogens with zero attached hydrogens (tertiary/aromatic N) is 3. The van der Waals surface area contributed by atoms with Crippen molar-refractivity contribution >= 4 is 29.3 Å². The summed E-state index contributed by atoms with van der Waals surface area (Å²) >= 11 is 6.06. The first-order valence-electron chi connectivity index (χ1n) is 10.7. The lowest BCUT2D eigenvalue weighted by molar-refractivity contribution is -0.122. The molecule has 1 aromatic heterocycles. The maximum absolute atomic E-state index is 13.0. The third-order valence-electron chi connectivity index (χ3n) is 5.05. The van der Waals surface area contributed by atoms with Gasteiger partial charge < -0.3 is 20.3 Å². The van der Waals surface area contributed by atoms with Gasteiger partial charge in [0.25, 0.3) is 11.8 Å². The zero-order valence-corrected chi connectivity index (χ0v) is 19.0. The number of amides is 3. The second-order valence-corrected chi connectivity index (χ2v) is 8.13. The number of carbonyl (C=O) groups excluding carboxylic acids is 3. The molecule has 0 bridgehead atoms. The summed E-state index contributed by atoms with van der Waals surface area (Å²) < 4.78 is 7.45. The van der Waals surface area contributed by atoms with Crippen molar-refractivity contribution in [2.24, 2.45) is 0 Å². The highest BCUT2D eigenvalue weighted by atomic mass is 35.5. The summed E-state index contributed by atoms with van der Waals surface area (Å²) in [5, 5.41) is 10.3. The van der Waals surface area contributed by atoms with E-state index < -0.39 is 0 Å². The molecule has 9 nitrogen and oxygen atoms in total. The standard InChI is InChI=1S/C22H28ClN5O4/c1-3-28-12-16(11-25-28)22(31)27-9-5-4-8-24-21(30)18-10-17(23)6-7-19(18)32-14-15(2)26-20(29)13-27/h6-7,10-12,15H,3-5,8-9,13-14H2,1-2H3,(H,24,30)(H,26,29)/t15-/m1/s1. The van der Waals surface area contributed by atoms with E-state index in [9.17, 15) is 14.4 Å². The molecule has 172 valence electrons. The molecule has 3 rings (SSSR count). The van der Waals surface area contributed by atoms with E-state index in [-0.39, 0.29) is 36.9 Å². The lowest BCUT2D eigenvalue weighted by atomic mass is 10.1. The van der Waals surface area contributed by atoms with Crippen LogP contribution in [0.2, 0.25) is 5.02 Å². The molecule has 2 N–H and O–H groups in total. The summed E-state index contributed by atoms with van der Waals surface area (Å²) in [6, 6.07) is 4.51. The second-order valence-electron chi connectivity index (χ2n) is 7.69. The van der Waals surface area contributed by atoms with Gasteiger partial charge >= 0.3 is 0 Å².